The zero-order valence-electron chi connectivity index (χ0n) is 8.85. The van der Waals surface area contributed by atoms with Crippen LogP contribution in [0.5, 0.6) is 0 Å². The number of benzene rings is 1. The highest BCUT2D eigenvalue weighted by Gasteiger charge is 2.26. The van der Waals surface area contributed by atoms with Crippen molar-refractivity contribution >= 4 is 31.7 Å². The van der Waals surface area contributed by atoms with E-state index in [2.05, 4.69) is 15.9 Å². The van der Waals surface area contributed by atoms with Crippen LogP contribution in [-0.4, -0.2) is 13.0 Å². The van der Waals surface area contributed by atoms with Gasteiger partial charge in [-0.05, 0) is 30.2 Å². The minimum atomic E-state index is -4.10. The molecule has 0 aromatic heterocycles. The van der Waals surface area contributed by atoms with Crippen LogP contribution in [-0.2, 0) is 10.1 Å². The molecule has 16 heavy (non-hydrogen) atoms. The Labute approximate surface area is 104 Å². The largest absolute Gasteiger partial charge is 0.399 e. The van der Waals surface area contributed by atoms with E-state index in [4.69, 9.17) is 5.73 Å². The molecule has 0 aliphatic heterocycles. The number of halogens is 1. The zero-order chi connectivity index (χ0) is 12.3. The van der Waals surface area contributed by atoms with Crippen LogP contribution in [0.15, 0.2) is 22.7 Å². The van der Waals surface area contributed by atoms with Crippen LogP contribution in [0, 0.1) is 0 Å². The molecule has 0 aliphatic rings. The predicted octanol–water partition coefficient (Wildman–Crippen LogP) is 2.76. The first-order valence-electron chi connectivity index (χ1n) is 4.87. The standard InChI is InChI=1S/C10H14BrNO3S/c1-2-3-10(16(13,14)15)8-6-7(12)4-5-9(8)11/h4-6,10H,2-3,12H2,1H3,(H,13,14,15). The normalized spacial score (nSPS) is 13.7. The Morgan fingerprint density at radius 2 is 2.12 bits per heavy atom. The van der Waals surface area contributed by atoms with Gasteiger partial charge in [-0.15, -0.1) is 0 Å². The molecule has 0 aliphatic carbocycles. The summed E-state index contributed by atoms with van der Waals surface area (Å²) in [7, 11) is -4.10. The predicted molar refractivity (Wildman–Crippen MR) is 67.8 cm³/mol. The van der Waals surface area contributed by atoms with E-state index in [1.165, 1.54) is 0 Å². The van der Waals surface area contributed by atoms with E-state index in [-0.39, 0.29) is 0 Å². The Morgan fingerprint density at radius 3 is 2.62 bits per heavy atom. The van der Waals surface area contributed by atoms with Crippen LogP contribution in [0.3, 0.4) is 0 Å². The molecule has 1 rings (SSSR count). The lowest BCUT2D eigenvalue weighted by atomic mass is 10.1. The van der Waals surface area contributed by atoms with Crippen molar-refractivity contribution in [3.63, 3.8) is 0 Å². The van der Waals surface area contributed by atoms with Gasteiger partial charge in [-0.2, -0.15) is 8.42 Å². The Hall–Kier alpha value is -0.590. The van der Waals surface area contributed by atoms with Gasteiger partial charge in [-0.25, -0.2) is 0 Å². The summed E-state index contributed by atoms with van der Waals surface area (Å²) in [5.74, 6) is 0. The average molecular weight is 308 g/mol. The summed E-state index contributed by atoms with van der Waals surface area (Å²) in [6, 6.07) is 4.91. The van der Waals surface area contributed by atoms with Crippen molar-refractivity contribution in [1.82, 2.24) is 0 Å². The van der Waals surface area contributed by atoms with Crippen molar-refractivity contribution in [3.05, 3.63) is 28.2 Å². The Bertz CT molecular complexity index is 473. The number of hydrogen-bond acceptors (Lipinski definition) is 3. The molecule has 4 nitrogen and oxygen atoms in total. The highest BCUT2D eigenvalue weighted by atomic mass is 79.9. The van der Waals surface area contributed by atoms with Crippen molar-refractivity contribution in [1.29, 1.82) is 0 Å². The average Bonchev–Trinajstić information content (AvgIpc) is 2.17. The van der Waals surface area contributed by atoms with Crippen molar-refractivity contribution < 1.29 is 13.0 Å². The molecule has 0 spiro atoms. The smallest absolute Gasteiger partial charge is 0.272 e. The zero-order valence-corrected chi connectivity index (χ0v) is 11.3. The Balaban J connectivity index is 3.26. The van der Waals surface area contributed by atoms with Gasteiger partial charge in [0.25, 0.3) is 10.1 Å². The fraction of sp³-hybridized carbons (Fsp3) is 0.400. The number of anilines is 1. The molecule has 0 saturated carbocycles. The maximum Gasteiger partial charge on any atom is 0.272 e. The second-order valence-corrected chi connectivity index (χ2v) is 6.03. The fourth-order valence-corrected chi connectivity index (χ4v) is 3.26. The summed E-state index contributed by atoms with van der Waals surface area (Å²) in [6.45, 7) is 1.86. The molecule has 1 aromatic rings. The number of nitrogens with two attached hydrogens (primary N) is 1. The summed E-state index contributed by atoms with van der Waals surface area (Å²) >= 11 is 3.26. The Kier molecular flexibility index (Phi) is 4.35. The summed E-state index contributed by atoms with van der Waals surface area (Å²) < 4.78 is 32.4. The maximum atomic E-state index is 11.3. The lowest BCUT2D eigenvalue weighted by Gasteiger charge is -2.15. The monoisotopic (exact) mass is 307 g/mol. The molecule has 0 saturated heterocycles. The van der Waals surface area contributed by atoms with Crippen molar-refractivity contribution in [2.75, 3.05) is 5.73 Å². The first kappa shape index (κ1) is 13.5. The van der Waals surface area contributed by atoms with E-state index >= 15 is 0 Å². The summed E-state index contributed by atoms with van der Waals surface area (Å²) in [5, 5.41) is -0.921. The van der Waals surface area contributed by atoms with Gasteiger partial charge in [0.15, 0.2) is 0 Å². The van der Waals surface area contributed by atoms with Crippen LogP contribution in [0.4, 0.5) is 5.69 Å². The van der Waals surface area contributed by atoms with Gasteiger partial charge >= 0.3 is 0 Å². The number of rotatable bonds is 4. The molecule has 90 valence electrons. The summed E-state index contributed by atoms with van der Waals surface area (Å²) in [5.41, 5.74) is 6.59. The van der Waals surface area contributed by atoms with Crippen LogP contribution in [0.1, 0.15) is 30.6 Å². The summed E-state index contributed by atoms with van der Waals surface area (Å²) in [4.78, 5) is 0. The van der Waals surface area contributed by atoms with Gasteiger partial charge in [0.2, 0.25) is 0 Å². The van der Waals surface area contributed by atoms with E-state index in [0.29, 0.717) is 28.6 Å². The third-order valence-corrected chi connectivity index (χ3v) is 4.21. The molecular weight excluding hydrogens is 294 g/mol. The van der Waals surface area contributed by atoms with E-state index < -0.39 is 15.4 Å². The number of hydrogen-bond donors (Lipinski definition) is 2. The number of nitrogen functional groups attached to an aromatic ring is 1. The molecule has 0 heterocycles. The van der Waals surface area contributed by atoms with E-state index in [1.54, 1.807) is 18.2 Å². The second kappa shape index (κ2) is 5.16. The first-order chi connectivity index (χ1) is 7.36. The molecule has 6 heteroatoms. The van der Waals surface area contributed by atoms with Gasteiger partial charge in [-0.1, -0.05) is 29.3 Å². The maximum absolute atomic E-state index is 11.3. The van der Waals surface area contributed by atoms with Gasteiger partial charge < -0.3 is 5.73 Å². The van der Waals surface area contributed by atoms with Gasteiger partial charge in [0.1, 0.15) is 5.25 Å². The van der Waals surface area contributed by atoms with E-state index in [1.807, 2.05) is 6.92 Å². The van der Waals surface area contributed by atoms with E-state index in [0.717, 1.165) is 0 Å². The third-order valence-electron chi connectivity index (χ3n) is 2.28. The van der Waals surface area contributed by atoms with Crippen LogP contribution in [0.2, 0.25) is 0 Å². The lowest BCUT2D eigenvalue weighted by molar-refractivity contribution is 0.463. The fourth-order valence-electron chi connectivity index (χ4n) is 1.54. The molecular formula is C10H14BrNO3S. The SMILES string of the molecule is CCCC(c1cc(N)ccc1Br)S(=O)(=O)O. The molecule has 1 aromatic carbocycles. The molecule has 0 bridgehead atoms. The van der Waals surface area contributed by atoms with Gasteiger partial charge in [-0.3, -0.25) is 4.55 Å². The molecule has 0 fully saturated rings. The minimum Gasteiger partial charge on any atom is -0.399 e. The quantitative estimate of drug-likeness (QED) is 0.662. The molecule has 1 unspecified atom stereocenters. The molecule has 0 radical (unpaired) electrons. The van der Waals surface area contributed by atoms with Crippen LogP contribution >= 0.6 is 15.9 Å². The van der Waals surface area contributed by atoms with Crippen LogP contribution < -0.4 is 5.73 Å². The Morgan fingerprint density at radius 1 is 1.50 bits per heavy atom. The van der Waals surface area contributed by atoms with Gasteiger partial charge in [0, 0.05) is 10.2 Å². The second-order valence-electron chi connectivity index (χ2n) is 3.57. The molecule has 0 amide bonds. The van der Waals surface area contributed by atoms with Crippen molar-refractivity contribution in [2.45, 2.75) is 25.0 Å². The first-order valence-corrected chi connectivity index (χ1v) is 7.17. The molecule has 1 atom stereocenters. The minimum absolute atomic E-state index is 0.362. The highest BCUT2D eigenvalue weighted by molar-refractivity contribution is 9.10. The van der Waals surface area contributed by atoms with Crippen LogP contribution in [0.25, 0.3) is 0 Å². The lowest BCUT2D eigenvalue weighted by Crippen LogP contribution is -2.13. The summed E-state index contributed by atoms with van der Waals surface area (Å²) in [6.07, 6.45) is 1.02. The van der Waals surface area contributed by atoms with Crippen molar-refractivity contribution in [3.8, 4) is 0 Å². The molecule has 3 N–H and O–H groups in total. The third kappa shape index (κ3) is 3.20. The van der Waals surface area contributed by atoms with E-state index in [9.17, 15) is 13.0 Å². The highest BCUT2D eigenvalue weighted by Crippen LogP contribution is 2.33. The topological polar surface area (TPSA) is 80.4 Å². The van der Waals surface area contributed by atoms with Crippen molar-refractivity contribution in [2.24, 2.45) is 0 Å². The van der Waals surface area contributed by atoms with Gasteiger partial charge in [0.05, 0.1) is 0 Å².